The number of alkyl halides is 3. The fraction of sp³-hybridized carbons (Fsp3) is 0.444. The lowest BCUT2D eigenvalue weighted by Crippen LogP contribution is -2.21. The van der Waals surface area contributed by atoms with E-state index in [1.165, 1.54) is 6.07 Å². The minimum Gasteiger partial charge on any atom is -0.322 e. The first-order valence-electron chi connectivity index (χ1n) is 4.14. The lowest BCUT2D eigenvalue weighted by atomic mass is 10.1. The van der Waals surface area contributed by atoms with Gasteiger partial charge in [-0.1, -0.05) is 6.07 Å². The van der Waals surface area contributed by atoms with E-state index in [0.29, 0.717) is 5.69 Å². The van der Waals surface area contributed by atoms with Gasteiger partial charge in [-0.2, -0.15) is 13.2 Å². The lowest BCUT2D eigenvalue weighted by Gasteiger charge is -2.13. The first-order valence-corrected chi connectivity index (χ1v) is 4.14. The Bertz CT molecular complexity index is 309. The Labute approximate surface area is 79.9 Å². The Balaban J connectivity index is 2.74. The van der Waals surface area contributed by atoms with Crippen LogP contribution in [0.3, 0.4) is 0 Å². The van der Waals surface area contributed by atoms with Crippen LogP contribution in [0.2, 0.25) is 0 Å². The van der Waals surface area contributed by atoms with Gasteiger partial charge in [-0.15, -0.1) is 0 Å². The van der Waals surface area contributed by atoms with Gasteiger partial charge in [0, 0.05) is 5.69 Å². The van der Waals surface area contributed by atoms with Gasteiger partial charge in [0.15, 0.2) is 0 Å². The molecule has 0 spiro atoms. The number of rotatable bonds is 2. The topological polar surface area (TPSA) is 38.9 Å². The highest BCUT2D eigenvalue weighted by atomic mass is 19.4. The lowest BCUT2D eigenvalue weighted by molar-refractivity contribution is -0.138. The molecule has 0 saturated heterocycles. The molecule has 5 heteroatoms. The highest BCUT2D eigenvalue weighted by Crippen LogP contribution is 2.26. The number of nitrogens with zero attached hydrogens (tertiary/aromatic N) is 1. The second-order valence-electron chi connectivity index (χ2n) is 3.13. The summed E-state index contributed by atoms with van der Waals surface area (Å²) in [6.07, 6.45) is -5.28. The molecule has 0 aliphatic rings. The molecule has 0 fully saturated rings. The number of aryl methyl sites for hydroxylation is 1. The zero-order valence-electron chi connectivity index (χ0n) is 7.67. The second-order valence-corrected chi connectivity index (χ2v) is 3.13. The van der Waals surface area contributed by atoms with Crippen molar-refractivity contribution in [1.82, 2.24) is 4.98 Å². The van der Waals surface area contributed by atoms with E-state index >= 15 is 0 Å². The first-order chi connectivity index (χ1) is 6.38. The molecule has 0 saturated carbocycles. The largest absolute Gasteiger partial charge is 0.390 e. The summed E-state index contributed by atoms with van der Waals surface area (Å²) in [5.41, 5.74) is 6.31. The fourth-order valence-electron chi connectivity index (χ4n) is 1.12. The number of pyridine rings is 1. The highest BCUT2D eigenvalue weighted by Gasteiger charge is 2.31. The Hall–Kier alpha value is -1.10. The minimum absolute atomic E-state index is 0.280. The van der Waals surface area contributed by atoms with Crippen molar-refractivity contribution in [2.75, 3.05) is 0 Å². The van der Waals surface area contributed by atoms with Gasteiger partial charge in [-0.3, -0.25) is 4.98 Å². The van der Waals surface area contributed by atoms with Gasteiger partial charge in [0.1, 0.15) is 0 Å². The molecule has 0 amide bonds. The van der Waals surface area contributed by atoms with Gasteiger partial charge >= 0.3 is 6.18 Å². The van der Waals surface area contributed by atoms with Crippen LogP contribution in [-0.2, 0) is 0 Å². The molecule has 1 atom stereocenters. The van der Waals surface area contributed by atoms with Crippen molar-refractivity contribution < 1.29 is 13.2 Å². The maximum absolute atomic E-state index is 12.0. The van der Waals surface area contributed by atoms with Gasteiger partial charge in [0.05, 0.1) is 18.2 Å². The van der Waals surface area contributed by atoms with Crippen LogP contribution in [0.1, 0.15) is 23.9 Å². The second kappa shape index (κ2) is 3.96. The molecule has 0 aliphatic heterocycles. The maximum Gasteiger partial charge on any atom is 0.390 e. The van der Waals surface area contributed by atoms with Gasteiger partial charge in [-0.05, 0) is 19.1 Å². The van der Waals surface area contributed by atoms with Crippen LogP contribution < -0.4 is 5.73 Å². The Morgan fingerprint density at radius 3 is 2.57 bits per heavy atom. The molecule has 0 radical (unpaired) electrons. The number of aromatic nitrogens is 1. The van der Waals surface area contributed by atoms with E-state index in [4.69, 9.17) is 5.73 Å². The minimum atomic E-state index is -4.25. The van der Waals surface area contributed by atoms with Gasteiger partial charge in [0.25, 0.3) is 0 Å². The van der Waals surface area contributed by atoms with Crippen molar-refractivity contribution in [3.63, 3.8) is 0 Å². The number of hydrogen-bond donors (Lipinski definition) is 1. The van der Waals surface area contributed by atoms with Crippen LogP contribution in [0.5, 0.6) is 0 Å². The zero-order chi connectivity index (χ0) is 10.8. The van der Waals surface area contributed by atoms with Crippen molar-refractivity contribution in [2.45, 2.75) is 25.6 Å². The van der Waals surface area contributed by atoms with Crippen molar-refractivity contribution in [3.05, 3.63) is 29.6 Å². The van der Waals surface area contributed by atoms with E-state index in [0.717, 1.165) is 0 Å². The normalized spacial score (nSPS) is 14.1. The van der Waals surface area contributed by atoms with E-state index in [2.05, 4.69) is 4.98 Å². The SMILES string of the molecule is Cc1cccc(C(N)CC(F)(F)F)n1. The Kier molecular flexibility index (Phi) is 3.10. The summed E-state index contributed by atoms with van der Waals surface area (Å²) in [6, 6.07) is 3.79. The maximum atomic E-state index is 12.0. The summed E-state index contributed by atoms with van der Waals surface area (Å²) >= 11 is 0. The van der Waals surface area contributed by atoms with Gasteiger partial charge in [-0.25, -0.2) is 0 Å². The molecule has 2 nitrogen and oxygen atoms in total. The van der Waals surface area contributed by atoms with Crippen molar-refractivity contribution in [3.8, 4) is 0 Å². The average molecular weight is 204 g/mol. The number of nitrogens with two attached hydrogens (primary N) is 1. The third-order valence-corrected chi connectivity index (χ3v) is 1.74. The highest BCUT2D eigenvalue weighted by molar-refractivity contribution is 5.13. The Morgan fingerprint density at radius 2 is 2.07 bits per heavy atom. The first kappa shape index (κ1) is 11.0. The smallest absolute Gasteiger partial charge is 0.322 e. The summed E-state index contributed by atoms with van der Waals surface area (Å²) in [7, 11) is 0. The van der Waals surface area contributed by atoms with E-state index in [-0.39, 0.29) is 5.69 Å². The van der Waals surface area contributed by atoms with Crippen molar-refractivity contribution in [1.29, 1.82) is 0 Å². The predicted octanol–water partition coefficient (Wildman–Crippen LogP) is 2.34. The fourth-order valence-corrected chi connectivity index (χ4v) is 1.12. The van der Waals surface area contributed by atoms with Crippen LogP contribution in [0, 0.1) is 6.92 Å². The quantitative estimate of drug-likeness (QED) is 0.803. The molecule has 2 N–H and O–H groups in total. The number of hydrogen-bond acceptors (Lipinski definition) is 2. The van der Waals surface area contributed by atoms with E-state index in [1.807, 2.05) is 0 Å². The zero-order valence-corrected chi connectivity index (χ0v) is 7.67. The molecule has 0 bridgehead atoms. The molecule has 0 aliphatic carbocycles. The third kappa shape index (κ3) is 3.33. The monoisotopic (exact) mass is 204 g/mol. The molecular weight excluding hydrogens is 193 g/mol. The predicted molar refractivity (Wildman–Crippen MR) is 46.6 cm³/mol. The van der Waals surface area contributed by atoms with E-state index in [1.54, 1.807) is 19.1 Å². The summed E-state index contributed by atoms with van der Waals surface area (Å²) in [4.78, 5) is 3.93. The molecule has 1 heterocycles. The molecular formula is C9H11F3N2. The van der Waals surface area contributed by atoms with Gasteiger partial charge < -0.3 is 5.73 Å². The molecule has 0 aromatic carbocycles. The van der Waals surface area contributed by atoms with E-state index < -0.39 is 18.6 Å². The molecule has 1 rings (SSSR count). The Morgan fingerprint density at radius 1 is 1.43 bits per heavy atom. The van der Waals surface area contributed by atoms with E-state index in [9.17, 15) is 13.2 Å². The van der Waals surface area contributed by atoms with Crippen LogP contribution in [0.4, 0.5) is 13.2 Å². The average Bonchev–Trinajstić information content (AvgIpc) is 2.01. The van der Waals surface area contributed by atoms with Gasteiger partial charge in [0.2, 0.25) is 0 Å². The molecule has 1 aromatic heterocycles. The van der Waals surface area contributed by atoms with Crippen LogP contribution in [0.25, 0.3) is 0 Å². The van der Waals surface area contributed by atoms with Crippen molar-refractivity contribution >= 4 is 0 Å². The summed E-state index contributed by atoms with van der Waals surface area (Å²) in [5, 5.41) is 0. The number of halogens is 3. The standard InChI is InChI=1S/C9H11F3N2/c1-6-3-2-4-8(14-6)7(13)5-9(10,11)12/h2-4,7H,5,13H2,1H3. The van der Waals surface area contributed by atoms with Crippen molar-refractivity contribution in [2.24, 2.45) is 5.73 Å². The summed E-state index contributed by atoms with van der Waals surface area (Å²) in [5.74, 6) is 0. The molecule has 14 heavy (non-hydrogen) atoms. The third-order valence-electron chi connectivity index (χ3n) is 1.74. The molecule has 78 valence electrons. The summed E-state index contributed by atoms with van der Waals surface area (Å²) in [6.45, 7) is 1.71. The molecule has 1 unspecified atom stereocenters. The summed E-state index contributed by atoms with van der Waals surface area (Å²) < 4.78 is 36.0. The molecule has 1 aromatic rings. The van der Waals surface area contributed by atoms with Crippen LogP contribution in [0.15, 0.2) is 18.2 Å². The van der Waals surface area contributed by atoms with Crippen LogP contribution >= 0.6 is 0 Å². The van der Waals surface area contributed by atoms with Crippen LogP contribution in [-0.4, -0.2) is 11.2 Å².